The predicted octanol–water partition coefficient (Wildman–Crippen LogP) is 5.31. The number of anilines is 1. The summed E-state index contributed by atoms with van der Waals surface area (Å²) >= 11 is 6.11. The number of hydrogen-bond donors (Lipinski definition) is 1. The van der Waals surface area contributed by atoms with Crippen molar-refractivity contribution in [2.45, 2.75) is 6.42 Å². The van der Waals surface area contributed by atoms with Crippen LogP contribution in [0, 0.1) is 0 Å². The van der Waals surface area contributed by atoms with Crippen molar-refractivity contribution in [1.82, 2.24) is 0 Å². The first-order valence-corrected chi connectivity index (χ1v) is 7.44. The molecule has 110 valence electrons. The molecule has 0 saturated carbocycles. The minimum Gasteiger partial charge on any atom is -0.456 e. The second-order valence-corrected chi connectivity index (χ2v) is 5.51. The third-order valence-corrected chi connectivity index (χ3v) is 3.65. The summed E-state index contributed by atoms with van der Waals surface area (Å²) in [5.74, 6) is 1.36. The molecule has 0 fully saturated rings. The highest BCUT2D eigenvalue weighted by molar-refractivity contribution is 6.32. The lowest BCUT2D eigenvalue weighted by atomic mass is 10.1. The Bertz CT molecular complexity index is 754. The van der Waals surface area contributed by atoms with E-state index < -0.39 is 0 Å². The highest BCUT2D eigenvalue weighted by Crippen LogP contribution is 2.31. The summed E-state index contributed by atoms with van der Waals surface area (Å²) in [6.07, 6.45) is 0.906. The van der Waals surface area contributed by atoms with Crippen LogP contribution in [0.1, 0.15) is 11.1 Å². The zero-order chi connectivity index (χ0) is 15.4. The molecular formula is C19H16ClNO. The van der Waals surface area contributed by atoms with Crippen molar-refractivity contribution in [3.8, 4) is 11.5 Å². The van der Waals surface area contributed by atoms with E-state index in [9.17, 15) is 0 Å². The molecule has 0 aliphatic rings. The molecular weight excluding hydrogens is 294 g/mol. The van der Waals surface area contributed by atoms with E-state index in [2.05, 4.69) is 36.4 Å². The highest BCUT2D eigenvalue weighted by atomic mass is 35.5. The Morgan fingerprint density at radius 2 is 1.50 bits per heavy atom. The smallest absolute Gasteiger partial charge is 0.146 e. The first kappa shape index (κ1) is 14.5. The Morgan fingerprint density at radius 1 is 0.818 bits per heavy atom. The predicted molar refractivity (Wildman–Crippen MR) is 91.6 cm³/mol. The van der Waals surface area contributed by atoms with Gasteiger partial charge in [0.15, 0.2) is 0 Å². The summed E-state index contributed by atoms with van der Waals surface area (Å²) in [4.78, 5) is 0. The second kappa shape index (κ2) is 6.54. The normalized spacial score (nSPS) is 10.4. The minimum atomic E-state index is 0.508. The largest absolute Gasteiger partial charge is 0.456 e. The molecule has 3 rings (SSSR count). The van der Waals surface area contributed by atoms with Gasteiger partial charge in [0.1, 0.15) is 11.5 Å². The average molecular weight is 310 g/mol. The molecule has 0 heterocycles. The van der Waals surface area contributed by atoms with Gasteiger partial charge in [-0.3, -0.25) is 0 Å². The Kier molecular flexibility index (Phi) is 4.31. The van der Waals surface area contributed by atoms with Crippen LogP contribution in [-0.2, 0) is 6.42 Å². The fourth-order valence-corrected chi connectivity index (χ4v) is 2.46. The van der Waals surface area contributed by atoms with Crippen molar-refractivity contribution in [3.05, 3.63) is 88.9 Å². The van der Waals surface area contributed by atoms with Crippen LogP contribution in [0.25, 0.3) is 0 Å². The number of nitrogens with two attached hydrogens (primary N) is 1. The molecule has 0 atom stereocenters. The molecule has 0 saturated heterocycles. The van der Waals surface area contributed by atoms with E-state index in [0.29, 0.717) is 16.5 Å². The number of ether oxygens (including phenoxy) is 1. The van der Waals surface area contributed by atoms with Crippen molar-refractivity contribution >= 4 is 17.3 Å². The van der Waals surface area contributed by atoms with Crippen LogP contribution < -0.4 is 10.5 Å². The Labute approximate surface area is 135 Å². The van der Waals surface area contributed by atoms with Gasteiger partial charge in [0, 0.05) is 5.69 Å². The molecule has 0 radical (unpaired) electrons. The molecule has 22 heavy (non-hydrogen) atoms. The Hall–Kier alpha value is -2.45. The number of rotatable bonds is 4. The van der Waals surface area contributed by atoms with Crippen molar-refractivity contribution in [1.29, 1.82) is 0 Å². The molecule has 3 heteroatoms. The maximum atomic E-state index is 6.11. The van der Waals surface area contributed by atoms with Crippen molar-refractivity contribution in [3.63, 3.8) is 0 Å². The summed E-state index contributed by atoms with van der Waals surface area (Å²) in [6, 6.07) is 23.6. The van der Waals surface area contributed by atoms with Crippen LogP contribution in [0.4, 0.5) is 5.69 Å². The first-order chi connectivity index (χ1) is 10.7. The van der Waals surface area contributed by atoms with Crippen molar-refractivity contribution in [2.24, 2.45) is 0 Å². The van der Waals surface area contributed by atoms with Gasteiger partial charge in [-0.05, 0) is 47.9 Å². The standard InChI is InChI=1S/C19H16ClNO/c20-18-13-16(21)8-11-19(18)22-17-9-6-15(7-10-17)12-14-4-2-1-3-5-14/h1-11,13H,12,21H2. The minimum absolute atomic E-state index is 0.508. The Morgan fingerprint density at radius 3 is 2.18 bits per heavy atom. The van der Waals surface area contributed by atoms with Gasteiger partial charge >= 0.3 is 0 Å². The van der Waals surface area contributed by atoms with E-state index >= 15 is 0 Å². The number of hydrogen-bond acceptors (Lipinski definition) is 2. The van der Waals surface area contributed by atoms with E-state index in [0.717, 1.165) is 12.2 Å². The van der Waals surface area contributed by atoms with E-state index in [-0.39, 0.29) is 0 Å². The van der Waals surface area contributed by atoms with Crippen LogP contribution in [0.2, 0.25) is 5.02 Å². The summed E-state index contributed by atoms with van der Waals surface area (Å²) in [7, 11) is 0. The molecule has 0 bridgehead atoms. The molecule has 3 aromatic carbocycles. The molecule has 0 spiro atoms. The quantitative estimate of drug-likeness (QED) is 0.663. The van der Waals surface area contributed by atoms with Gasteiger partial charge in [-0.2, -0.15) is 0 Å². The maximum Gasteiger partial charge on any atom is 0.146 e. The van der Waals surface area contributed by atoms with Gasteiger partial charge in [0.05, 0.1) is 5.02 Å². The van der Waals surface area contributed by atoms with Gasteiger partial charge in [-0.1, -0.05) is 54.1 Å². The van der Waals surface area contributed by atoms with Gasteiger partial charge in [-0.25, -0.2) is 0 Å². The molecule has 2 N–H and O–H groups in total. The van der Waals surface area contributed by atoms with Crippen LogP contribution >= 0.6 is 11.6 Å². The van der Waals surface area contributed by atoms with Gasteiger partial charge < -0.3 is 10.5 Å². The zero-order valence-corrected chi connectivity index (χ0v) is 12.8. The van der Waals surface area contributed by atoms with Gasteiger partial charge in [-0.15, -0.1) is 0 Å². The van der Waals surface area contributed by atoms with Crippen LogP contribution in [0.3, 0.4) is 0 Å². The average Bonchev–Trinajstić information content (AvgIpc) is 2.53. The monoisotopic (exact) mass is 309 g/mol. The highest BCUT2D eigenvalue weighted by Gasteiger charge is 2.04. The second-order valence-electron chi connectivity index (χ2n) is 5.10. The lowest BCUT2D eigenvalue weighted by Gasteiger charge is -2.09. The topological polar surface area (TPSA) is 35.2 Å². The maximum absolute atomic E-state index is 6.11. The molecule has 3 aromatic rings. The number of halogens is 1. The van der Waals surface area contributed by atoms with Gasteiger partial charge in [0.25, 0.3) is 0 Å². The Balaban J connectivity index is 1.71. The summed E-state index contributed by atoms with van der Waals surface area (Å²) in [6.45, 7) is 0. The summed E-state index contributed by atoms with van der Waals surface area (Å²) in [5, 5.41) is 0.508. The molecule has 0 aliphatic carbocycles. The summed E-state index contributed by atoms with van der Waals surface area (Å²) in [5.41, 5.74) is 8.82. The molecule has 0 amide bonds. The van der Waals surface area contributed by atoms with E-state index in [1.165, 1.54) is 11.1 Å². The van der Waals surface area contributed by atoms with Gasteiger partial charge in [0.2, 0.25) is 0 Å². The number of nitrogen functional groups attached to an aromatic ring is 1. The van der Waals surface area contributed by atoms with Crippen molar-refractivity contribution < 1.29 is 4.74 Å². The number of benzene rings is 3. The third kappa shape index (κ3) is 3.60. The fourth-order valence-electron chi connectivity index (χ4n) is 2.23. The van der Waals surface area contributed by atoms with Crippen LogP contribution in [0.5, 0.6) is 11.5 Å². The zero-order valence-electron chi connectivity index (χ0n) is 12.0. The summed E-state index contributed by atoms with van der Waals surface area (Å²) < 4.78 is 5.78. The van der Waals surface area contributed by atoms with E-state index in [4.69, 9.17) is 22.1 Å². The molecule has 2 nitrogen and oxygen atoms in total. The third-order valence-electron chi connectivity index (χ3n) is 3.36. The molecule has 0 aliphatic heterocycles. The van der Waals surface area contributed by atoms with Crippen LogP contribution in [-0.4, -0.2) is 0 Å². The molecule has 0 aromatic heterocycles. The lowest BCUT2D eigenvalue weighted by Crippen LogP contribution is -1.90. The lowest BCUT2D eigenvalue weighted by molar-refractivity contribution is 0.483. The first-order valence-electron chi connectivity index (χ1n) is 7.06. The van der Waals surface area contributed by atoms with E-state index in [1.807, 2.05) is 18.2 Å². The van der Waals surface area contributed by atoms with E-state index in [1.54, 1.807) is 18.2 Å². The molecule has 0 unspecified atom stereocenters. The van der Waals surface area contributed by atoms with Crippen LogP contribution in [0.15, 0.2) is 72.8 Å². The SMILES string of the molecule is Nc1ccc(Oc2ccc(Cc3ccccc3)cc2)c(Cl)c1. The fraction of sp³-hybridized carbons (Fsp3) is 0.0526. The van der Waals surface area contributed by atoms with Crippen molar-refractivity contribution in [2.75, 3.05) is 5.73 Å².